The van der Waals surface area contributed by atoms with Crippen LogP contribution >= 0.6 is 24.4 Å². The number of hydrogen-bond donors (Lipinski definition) is 6. The van der Waals surface area contributed by atoms with Gasteiger partial charge in [-0.1, -0.05) is 44.2 Å². The Labute approximate surface area is 210 Å². The first-order valence-corrected chi connectivity index (χ1v) is 13.1. The summed E-state index contributed by atoms with van der Waals surface area (Å²) >= 11 is 5.53. The minimum Gasteiger partial charge on any atom is -0.480 e. The lowest BCUT2D eigenvalue weighted by Gasteiger charge is -2.25. The number of nitrogens with one attached hydrogen (secondary N) is 3. The first kappa shape index (κ1) is 29.8. The van der Waals surface area contributed by atoms with Crippen molar-refractivity contribution in [1.82, 2.24) is 16.0 Å². The standard InChI is InChI=1S/C23H36N4O5S2/c1-14(2)11-19(23(31)32)27-22(30)18(12-15-7-5-4-6-8-15)26-21(29)17(9-10-34-3)25-20(28)16(24)13-33/h4-8,14,16-19,33H,9-13,24H2,1-3H3,(H,25,28)(H,26,29)(H,27,30)(H,31,32). The number of carbonyl (C=O) groups is 4. The number of aliphatic carboxylic acids is 1. The van der Waals surface area contributed by atoms with Crippen molar-refractivity contribution in [3.05, 3.63) is 35.9 Å². The van der Waals surface area contributed by atoms with Crippen LogP contribution in [0.3, 0.4) is 0 Å². The number of amides is 3. The molecule has 0 fully saturated rings. The van der Waals surface area contributed by atoms with Gasteiger partial charge in [0.15, 0.2) is 0 Å². The van der Waals surface area contributed by atoms with E-state index < -0.39 is 47.9 Å². The van der Waals surface area contributed by atoms with Gasteiger partial charge in [0.1, 0.15) is 18.1 Å². The fourth-order valence-corrected chi connectivity index (χ4v) is 3.80. The predicted octanol–water partition coefficient (Wildman–Crippen LogP) is 0.824. The van der Waals surface area contributed by atoms with Gasteiger partial charge < -0.3 is 26.8 Å². The summed E-state index contributed by atoms with van der Waals surface area (Å²) in [5, 5.41) is 17.4. The highest BCUT2D eigenvalue weighted by atomic mass is 32.2. The monoisotopic (exact) mass is 512 g/mol. The van der Waals surface area contributed by atoms with Gasteiger partial charge in [-0.3, -0.25) is 14.4 Å². The lowest BCUT2D eigenvalue weighted by atomic mass is 10.0. The van der Waals surface area contributed by atoms with E-state index in [-0.39, 0.29) is 24.5 Å². The van der Waals surface area contributed by atoms with E-state index in [2.05, 4.69) is 28.6 Å². The quantitative estimate of drug-likeness (QED) is 0.190. The summed E-state index contributed by atoms with van der Waals surface area (Å²) in [6.45, 7) is 3.72. The van der Waals surface area contributed by atoms with Crippen molar-refractivity contribution >= 4 is 48.1 Å². The van der Waals surface area contributed by atoms with Crippen molar-refractivity contribution in [3.63, 3.8) is 0 Å². The summed E-state index contributed by atoms with van der Waals surface area (Å²) in [5.41, 5.74) is 6.52. The molecule has 1 rings (SSSR count). The zero-order valence-corrected chi connectivity index (χ0v) is 21.5. The second-order valence-electron chi connectivity index (χ2n) is 8.41. The average Bonchev–Trinajstić information content (AvgIpc) is 2.80. The lowest BCUT2D eigenvalue weighted by molar-refractivity contribution is -0.142. The Hall–Kier alpha value is -2.24. The molecule has 0 saturated carbocycles. The molecule has 0 aromatic heterocycles. The first-order chi connectivity index (χ1) is 16.1. The zero-order chi connectivity index (χ0) is 25.7. The van der Waals surface area contributed by atoms with Crippen LogP contribution in [0.5, 0.6) is 0 Å². The van der Waals surface area contributed by atoms with Gasteiger partial charge in [0.2, 0.25) is 17.7 Å². The van der Waals surface area contributed by atoms with Gasteiger partial charge in [-0.15, -0.1) is 0 Å². The third-order valence-corrected chi connectivity index (χ3v) is 6.05. The van der Waals surface area contributed by atoms with Crippen molar-refractivity contribution in [3.8, 4) is 0 Å². The Morgan fingerprint density at radius 1 is 0.971 bits per heavy atom. The lowest BCUT2D eigenvalue weighted by Crippen LogP contribution is -2.58. The SMILES string of the molecule is CSCCC(NC(=O)C(N)CS)C(=O)NC(Cc1ccccc1)C(=O)NC(CC(C)C)C(=O)O. The highest BCUT2D eigenvalue weighted by molar-refractivity contribution is 7.98. The van der Waals surface area contributed by atoms with Crippen molar-refractivity contribution in [2.24, 2.45) is 11.7 Å². The minimum atomic E-state index is -1.14. The summed E-state index contributed by atoms with van der Waals surface area (Å²) in [6.07, 6.45) is 2.62. The largest absolute Gasteiger partial charge is 0.480 e. The highest BCUT2D eigenvalue weighted by Gasteiger charge is 2.30. The summed E-state index contributed by atoms with van der Waals surface area (Å²) in [5.74, 6) is -2.03. The van der Waals surface area contributed by atoms with Gasteiger partial charge in [0.05, 0.1) is 6.04 Å². The number of benzene rings is 1. The fourth-order valence-electron chi connectivity index (χ4n) is 3.16. The Bertz CT molecular complexity index is 810. The Balaban J connectivity index is 3.08. The molecule has 0 aliphatic heterocycles. The van der Waals surface area contributed by atoms with Crippen LogP contribution in [0, 0.1) is 5.92 Å². The molecule has 0 aliphatic rings. The number of carboxylic acids is 1. The van der Waals surface area contributed by atoms with Gasteiger partial charge >= 0.3 is 5.97 Å². The molecule has 34 heavy (non-hydrogen) atoms. The number of carbonyl (C=O) groups excluding carboxylic acids is 3. The minimum absolute atomic E-state index is 0.0470. The molecule has 1 aromatic carbocycles. The van der Waals surface area contributed by atoms with Crippen LogP contribution < -0.4 is 21.7 Å². The van der Waals surface area contributed by atoms with E-state index in [4.69, 9.17) is 5.73 Å². The number of thioether (sulfide) groups is 1. The molecule has 6 N–H and O–H groups in total. The number of hydrogen-bond acceptors (Lipinski definition) is 7. The number of carboxylic acid groups (broad SMARTS) is 1. The van der Waals surface area contributed by atoms with Crippen molar-refractivity contribution in [2.45, 2.75) is 57.3 Å². The van der Waals surface area contributed by atoms with E-state index in [0.717, 1.165) is 5.56 Å². The van der Waals surface area contributed by atoms with Gasteiger partial charge in [0.25, 0.3) is 0 Å². The van der Waals surface area contributed by atoms with Gasteiger partial charge in [-0.05, 0) is 36.3 Å². The molecule has 0 bridgehead atoms. The summed E-state index contributed by atoms with van der Waals surface area (Å²) in [7, 11) is 0. The van der Waals surface area contributed by atoms with Crippen LogP contribution in [0.4, 0.5) is 0 Å². The smallest absolute Gasteiger partial charge is 0.326 e. The zero-order valence-electron chi connectivity index (χ0n) is 19.8. The molecule has 0 radical (unpaired) electrons. The molecule has 3 amide bonds. The Kier molecular flexibility index (Phi) is 13.7. The molecule has 9 nitrogen and oxygen atoms in total. The van der Waals surface area contributed by atoms with E-state index in [1.165, 1.54) is 11.8 Å². The van der Waals surface area contributed by atoms with Crippen LogP contribution in [0.15, 0.2) is 30.3 Å². The van der Waals surface area contributed by atoms with Crippen LogP contribution in [-0.2, 0) is 25.6 Å². The number of nitrogens with two attached hydrogens (primary N) is 1. The molecule has 4 unspecified atom stereocenters. The third kappa shape index (κ3) is 10.8. The molecule has 1 aromatic rings. The molecule has 190 valence electrons. The van der Waals surface area contributed by atoms with Crippen LogP contribution in [0.1, 0.15) is 32.3 Å². The predicted molar refractivity (Wildman–Crippen MR) is 138 cm³/mol. The maximum absolute atomic E-state index is 13.1. The van der Waals surface area contributed by atoms with Crippen molar-refractivity contribution in [2.75, 3.05) is 17.8 Å². The normalized spacial score (nSPS) is 14.5. The number of thiol groups is 1. The van der Waals surface area contributed by atoms with Crippen LogP contribution in [0.25, 0.3) is 0 Å². The van der Waals surface area contributed by atoms with Gasteiger partial charge in [-0.2, -0.15) is 24.4 Å². The molecule has 0 heterocycles. The molecular weight excluding hydrogens is 476 g/mol. The molecule has 4 atom stereocenters. The van der Waals surface area contributed by atoms with E-state index >= 15 is 0 Å². The van der Waals surface area contributed by atoms with Gasteiger partial charge in [0, 0.05) is 12.2 Å². The Morgan fingerprint density at radius 2 is 1.53 bits per heavy atom. The molecule has 0 spiro atoms. The topological polar surface area (TPSA) is 151 Å². The summed E-state index contributed by atoms with van der Waals surface area (Å²) in [6, 6.07) is 5.20. The highest BCUT2D eigenvalue weighted by Crippen LogP contribution is 2.09. The second kappa shape index (κ2) is 15.6. The second-order valence-corrected chi connectivity index (χ2v) is 9.76. The van der Waals surface area contributed by atoms with Crippen molar-refractivity contribution < 1.29 is 24.3 Å². The fraction of sp³-hybridized carbons (Fsp3) is 0.565. The van der Waals surface area contributed by atoms with Crippen molar-refractivity contribution in [1.29, 1.82) is 0 Å². The molecule has 0 aliphatic carbocycles. The third-order valence-electron chi connectivity index (χ3n) is 5.01. The Morgan fingerprint density at radius 3 is 2.06 bits per heavy atom. The van der Waals surface area contributed by atoms with E-state index in [0.29, 0.717) is 12.2 Å². The maximum Gasteiger partial charge on any atom is 0.326 e. The van der Waals surface area contributed by atoms with E-state index in [1.54, 1.807) is 0 Å². The molecule has 11 heteroatoms. The van der Waals surface area contributed by atoms with E-state index in [9.17, 15) is 24.3 Å². The molecule has 0 saturated heterocycles. The first-order valence-electron chi connectivity index (χ1n) is 11.1. The maximum atomic E-state index is 13.1. The summed E-state index contributed by atoms with van der Waals surface area (Å²) < 4.78 is 0. The van der Waals surface area contributed by atoms with Crippen LogP contribution in [0.2, 0.25) is 0 Å². The summed E-state index contributed by atoms with van der Waals surface area (Å²) in [4.78, 5) is 50.1. The van der Waals surface area contributed by atoms with Crippen LogP contribution in [-0.4, -0.2) is 70.7 Å². The average molecular weight is 513 g/mol. The molecular formula is C23H36N4O5S2. The van der Waals surface area contributed by atoms with Gasteiger partial charge in [-0.25, -0.2) is 4.79 Å². The number of rotatable bonds is 15. The van der Waals surface area contributed by atoms with E-state index in [1.807, 2.05) is 50.4 Å².